The van der Waals surface area contributed by atoms with Crippen molar-refractivity contribution in [3.63, 3.8) is 0 Å². The number of carbonyl (C=O) groups excluding carboxylic acids is 1. The second-order valence-corrected chi connectivity index (χ2v) is 10.5. The van der Waals surface area contributed by atoms with Gasteiger partial charge in [-0.25, -0.2) is 8.42 Å². The number of hydrogen-bond acceptors (Lipinski definition) is 3. The van der Waals surface area contributed by atoms with E-state index in [-0.39, 0.29) is 17.5 Å². The number of amides is 1. The number of nitrogens with one attached hydrogen (secondary N) is 1. The van der Waals surface area contributed by atoms with Crippen LogP contribution in [0.25, 0.3) is 0 Å². The maximum absolute atomic E-state index is 13.6. The van der Waals surface area contributed by atoms with E-state index < -0.39 is 15.9 Å². The van der Waals surface area contributed by atoms with Gasteiger partial charge in [-0.1, -0.05) is 72.1 Å². The van der Waals surface area contributed by atoms with E-state index in [0.717, 1.165) is 21.0 Å². The highest BCUT2D eigenvalue weighted by molar-refractivity contribution is 7.92. The number of aryl methyl sites for hydroxylation is 3. The molecule has 5 nitrogen and oxygen atoms in total. The van der Waals surface area contributed by atoms with Crippen LogP contribution in [0, 0.1) is 20.8 Å². The average Bonchev–Trinajstić information content (AvgIpc) is 2.78. The molecule has 0 fully saturated rings. The van der Waals surface area contributed by atoms with Crippen molar-refractivity contribution in [2.45, 2.75) is 45.1 Å². The Morgan fingerprint density at radius 2 is 1.52 bits per heavy atom. The number of sulfonamides is 1. The molecule has 0 aromatic heterocycles. The minimum absolute atomic E-state index is 0.117. The van der Waals surface area contributed by atoms with Gasteiger partial charge < -0.3 is 5.32 Å². The fraction of sp³-hybridized carbons (Fsp3) is 0.269. The van der Waals surface area contributed by atoms with E-state index in [1.165, 1.54) is 0 Å². The van der Waals surface area contributed by atoms with Crippen molar-refractivity contribution >= 4 is 33.2 Å². The Kier molecular flexibility index (Phi) is 7.82. The lowest BCUT2D eigenvalue weighted by molar-refractivity contribution is -0.120. The predicted octanol–water partition coefficient (Wildman–Crippen LogP) is 5.73. The molecule has 0 radical (unpaired) electrons. The highest BCUT2D eigenvalue weighted by atomic mass is 35.5. The zero-order valence-electron chi connectivity index (χ0n) is 19.3. The average molecular weight is 485 g/mol. The standard InChI is InChI=1S/C26H29ClN2O3S/c1-5-24(21-11-6-18(2)7-12-21)28-26(30)17-29(25-16-22(27)13-10-20(25)4)33(31,32)23-14-8-19(3)9-15-23/h6-16,24H,5,17H2,1-4H3,(H,28,30)/t24-/m1/s1. The molecule has 0 aliphatic rings. The third kappa shape index (κ3) is 5.95. The van der Waals surface area contributed by atoms with Crippen molar-refractivity contribution in [1.29, 1.82) is 0 Å². The van der Waals surface area contributed by atoms with E-state index in [9.17, 15) is 13.2 Å². The fourth-order valence-corrected chi connectivity index (χ4v) is 5.22. The zero-order valence-corrected chi connectivity index (χ0v) is 20.9. The molecule has 3 aromatic rings. The van der Waals surface area contributed by atoms with Crippen LogP contribution >= 0.6 is 11.6 Å². The van der Waals surface area contributed by atoms with Crippen LogP contribution in [0.4, 0.5) is 5.69 Å². The van der Waals surface area contributed by atoms with Crippen molar-refractivity contribution in [3.8, 4) is 0 Å². The summed E-state index contributed by atoms with van der Waals surface area (Å²) in [6.45, 7) is 7.30. The van der Waals surface area contributed by atoms with Crippen LogP contribution in [0.5, 0.6) is 0 Å². The van der Waals surface area contributed by atoms with Crippen molar-refractivity contribution in [3.05, 3.63) is 94.0 Å². The van der Waals surface area contributed by atoms with Crippen molar-refractivity contribution < 1.29 is 13.2 Å². The molecule has 0 unspecified atom stereocenters. The summed E-state index contributed by atoms with van der Waals surface area (Å²) in [7, 11) is -4.00. The third-order valence-corrected chi connectivity index (χ3v) is 7.57. The molecular formula is C26H29ClN2O3S. The topological polar surface area (TPSA) is 66.5 Å². The highest BCUT2D eigenvalue weighted by Crippen LogP contribution is 2.30. The van der Waals surface area contributed by atoms with Gasteiger partial charge in [-0.2, -0.15) is 0 Å². The van der Waals surface area contributed by atoms with Crippen molar-refractivity contribution in [2.24, 2.45) is 0 Å². The number of rotatable bonds is 8. The summed E-state index contributed by atoms with van der Waals surface area (Å²) in [6, 6.07) is 19.3. The first-order valence-corrected chi connectivity index (χ1v) is 12.6. The Hall–Kier alpha value is -2.83. The van der Waals surface area contributed by atoms with Crippen LogP contribution in [0.3, 0.4) is 0 Å². The summed E-state index contributed by atoms with van der Waals surface area (Å²) < 4.78 is 28.4. The Morgan fingerprint density at radius 3 is 2.09 bits per heavy atom. The normalized spacial score (nSPS) is 12.3. The summed E-state index contributed by atoms with van der Waals surface area (Å²) in [5.41, 5.74) is 4.13. The fourth-order valence-electron chi connectivity index (χ4n) is 3.58. The van der Waals surface area contributed by atoms with E-state index in [2.05, 4.69) is 5.32 Å². The molecule has 0 heterocycles. The Labute approximate surface area is 201 Å². The van der Waals surface area contributed by atoms with Gasteiger partial charge in [-0.15, -0.1) is 0 Å². The lowest BCUT2D eigenvalue weighted by Gasteiger charge is -2.27. The number of nitrogens with zero attached hydrogens (tertiary/aromatic N) is 1. The zero-order chi connectivity index (χ0) is 24.2. The Bertz CT molecular complexity index is 1220. The van der Waals surface area contributed by atoms with Gasteiger partial charge in [-0.3, -0.25) is 9.10 Å². The second kappa shape index (κ2) is 10.4. The van der Waals surface area contributed by atoms with Crippen LogP contribution in [0.2, 0.25) is 5.02 Å². The molecule has 0 aliphatic heterocycles. The maximum Gasteiger partial charge on any atom is 0.264 e. The van der Waals surface area contributed by atoms with Crippen LogP contribution in [-0.4, -0.2) is 20.9 Å². The minimum Gasteiger partial charge on any atom is -0.348 e. The number of halogens is 1. The van der Waals surface area contributed by atoms with E-state index in [0.29, 0.717) is 22.7 Å². The summed E-state index contributed by atoms with van der Waals surface area (Å²) in [4.78, 5) is 13.2. The predicted molar refractivity (Wildman–Crippen MR) is 134 cm³/mol. The number of hydrogen-bond donors (Lipinski definition) is 1. The molecule has 0 bridgehead atoms. The van der Waals surface area contributed by atoms with E-state index >= 15 is 0 Å². The molecule has 0 saturated heterocycles. The molecule has 0 saturated carbocycles. The van der Waals surface area contributed by atoms with Crippen LogP contribution < -0.4 is 9.62 Å². The molecule has 1 amide bonds. The van der Waals surface area contributed by atoms with Crippen LogP contribution in [0.1, 0.15) is 41.6 Å². The first-order chi connectivity index (χ1) is 15.6. The molecule has 3 aromatic carbocycles. The smallest absolute Gasteiger partial charge is 0.264 e. The minimum atomic E-state index is -4.00. The SMILES string of the molecule is CC[C@@H](NC(=O)CN(c1cc(Cl)ccc1C)S(=O)(=O)c1ccc(C)cc1)c1ccc(C)cc1. The molecule has 7 heteroatoms. The lowest BCUT2D eigenvalue weighted by atomic mass is 10.0. The van der Waals surface area contributed by atoms with Crippen LogP contribution in [0.15, 0.2) is 71.6 Å². The number of carbonyl (C=O) groups is 1. The quantitative estimate of drug-likeness (QED) is 0.444. The van der Waals surface area contributed by atoms with Gasteiger partial charge in [0.2, 0.25) is 5.91 Å². The molecule has 1 N–H and O–H groups in total. The van der Waals surface area contributed by atoms with Crippen LogP contribution in [-0.2, 0) is 14.8 Å². The summed E-state index contributed by atoms with van der Waals surface area (Å²) in [5.74, 6) is -0.391. The largest absolute Gasteiger partial charge is 0.348 e. The second-order valence-electron chi connectivity index (χ2n) is 8.19. The van der Waals surface area contributed by atoms with Gasteiger partial charge >= 0.3 is 0 Å². The molecule has 3 rings (SSSR count). The molecule has 174 valence electrons. The molecule has 33 heavy (non-hydrogen) atoms. The Morgan fingerprint density at radius 1 is 0.939 bits per heavy atom. The molecule has 0 aliphatic carbocycles. The number of anilines is 1. The summed E-state index contributed by atoms with van der Waals surface area (Å²) in [5, 5.41) is 3.39. The van der Waals surface area contributed by atoms with Gasteiger partial charge in [0.15, 0.2) is 0 Å². The van der Waals surface area contributed by atoms with Gasteiger partial charge in [0.05, 0.1) is 16.6 Å². The summed E-state index contributed by atoms with van der Waals surface area (Å²) in [6.07, 6.45) is 0.676. The maximum atomic E-state index is 13.6. The van der Waals surface area contributed by atoms with Gasteiger partial charge in [0, 0.05) is 5.02 Å². The third-order valence-electron chi connectivity index (χ3n) is 5.56. The molecule has 0 spiro atoms. The number of benzene rings is 3. The van der Waals surface area contributed by atoms with E-state index in [4.69, 9.17) is 11.6 Å². The molecular weight excluding hydrogens is 456 g/mol. The first-order valence-electron chi connectivity index (χ1n) is 10.8. The summed E-state index contributed by atoms with van der Waals surface area (Å²) >= 11 is 6.19. The monoisotopic (exact) mass is 484 g/mol. The Balaban J connectivity index is 1.95. The van der Waals surface area contributed by atoms with Gasteiger partial charge in [0.1, 0.15) is 6.54 Å². The van der Waals surface area contributed by atoms with E-state index in [1.807, 2.05) is 45.0 Å². The lowest BCUT2D eigenvalue weighted by Crippen LogP contribution is -2.42. The highest BCUT2D eigenvalue weighted by Gasteiger charge is 2.29. The van der Waals surface area contributed by atoms with Crippen molar-refractivity contribution in [1.82, 2.24) is 5.32 Å². The van der Waals surface area contributed by atoms with E-state index in [1.54, 1.807) is 49.4 Å². The van der Waals surface area contributed by atoms with Gasteiger partial charge in [-0.05, 0) is 62.6 Å². The van der Waals surface area contributed by atoms with Gasteiger partial charge in [0.25, 0.3) is 10.0 Å². The molecule has 1 atom stereocenters. The van der Waals surface area contributed by atoms with Crippen molar-refractivity contribution in [2.75, 3.05) is 10.8 Å². The first kappa shape index (κ1) is 24.8.